The van der Waals surface area contributed by atoms with E-state index < -0.39 is 0 Å². The molecule has 0 radical (unpaired) electrons. The Morgan fingerprint density at radius 2 is 1.85 bits per heavy atom. The maximum Gasteiger partial charge on any atom is 0.137 e. The summed E-state index contributed by atoms with van der Waals surface area (Å²) in [7, 11) is 5.06. The van der Waals surface area contributed by atoms with E-state index >= 15 is 0 Å². The zero-order chi connectivity index (χ0) is 28.9. The van der Waals surface area contributed by atoms with Gasteiger partial charge < -0.3 is 34.7 Å². The van der Waals surface area contributed by atoms with E-state index in [1.165, 1.54) is 11.1 Å². The van der Waals surface area contributed by atoms with Crippen LogP contribution in [-0.4, -0.2) is 82.8 Å². The third-order valence-electron chi connectivity index (χ3n) is 6.63. The second-order valence-electron chi connectivity index (χ2n) is 9.30. The SMILES string of the molecule is CNCCN(C)c1ccc2c(-c3cccc(CN4CCOCC4)c3)c3ccc(=N)cc-3oc2c1.CO.O=CCCl. The fraction of sp³-hybridized carbons (Fsp3) is 0.355. The summed E-state index contributed by atoms with van der Waals surface area (Å²) in [6.07, 6.45) is 0.640. The Morgan fingerprint density at radius 1 is 1.10 bits per heavy atom. The number of benzene rings is 3. The van der Waals surface area contributed by atoms with Gasteiger partial charge in [-0.2, -0.15) is 0 Å². The lowest BCUT2D eigenvalue weighted by atomic mass is 9.92. The van der Waals surface area contributed by atoms with Gasteiger partial charge in [-0.05, 0) is 48.5 Å². The predicted octanol–water partition coefficient (Wildman–Crippen LogP) is 4.20. The van der Waals surface area contributed by atoms with Crippen LogP contribution < -0.4 is 15.6 Å². The summed E-state index contributed by atoms with van der Waals surface area (Å²) in [5.74, 6) is 0.851. The van der Waals surface area contributed by atoms with Crippen LogP contribution in [0.15, 0.2) is 65.1 Å². The van der Waals surface area contributed by atoms with Crippen molar-refractivity contribution in [3.63, 3.8) is 0 Å². The van der Waals surface area contributed by atoms with Crippen LogP contribution in [0.4, 0.5) is 5.69 Å². The van der Waals surface area contributed by atoms with Crippen molar-refractivity contribution >= 4 is 34.5 Å². The van der Waals surface area contributed by atoms with Gasteiger partial charge in [-0.15, -0.1) is 11.6 Å². The second-order valence-corrected chi connectivity index (χ2v) is 9.61. The lowest BCUT2D eigenvalue weighted by molar-refractivity contribution is -0.105. The Kier molecular flexibility index (Phi) is 12.6. The number of alkyl halides is 1. The van der Waals surface area contributed by atoms with Gasteiger partial charge in [0.1, 0.15) is 17.6 Å². The zero-order valence-corrected chi connectivity index (χ0v) is 24.2. The van der Waals surface area contributed by atoms with Gasteiger partial charge in [-0.3, -0.25) is 4.90 Å². The Bertz CT molecular complexity index is 1390. The summed E-state index contributed by atoms with van der Waals surface area (Å²) < 4.78 is 11.9. The zero-order valence-electron chi connectivity index (χ0n) is 23.5. The number of ether oxygens (including phenoxy) is 1. The van der Waals surface area contributed by atoms with E-state index in [1.807, 2.05) is 25.2 Å². The number of aliphatic hydroxyl groups is 1. The monoisotopic (exact) mass is 566 g/mol. The molecule has 5 rings (SSSR count). The summed E-state index contributed by atoms with van der Waals surface area (Å²) in [6, 6.07) is 20.9. The van der Waals surface area contributed by atoms with E-state index in [1.54, 1.807) is 0 Å². The molecule has 2 aliphatic heterocycles. The normalized spacial score (nSPS) is 13.2. The number of nitrogens with zero attached hydrogens (tertiary/aromatic N) is 2. The largest absolute Gasteiger partial charge is 0.456 e. The molecule has 0 atom stereocenters. The van der Waals surface area contributed by atoms with Gasteiger partial charge in [0.25, 0.3) is 0 Å². The molecular weight excluding hydrogens is 528 g/mol. The maximum atomic E-state index is 9.04. The number of rotatable bonds is 8. The van der Waals surface area contributed by atoms with Gasteiger partial charge in [0.15, 0.2) is 0 Å². The molecule has 214 valence electrons. The molecule has 0 amide bonds. The molecule has 1 saturated heterocycles. The van der Waals surface area contributed by atoms with Crippen molar-refractivity contribution in [2.75, 3.05) is 71.4 Å². The number of hydrogen-bond acceptors (Lipinski definition) is 8. The number of carbonyl (C=O) groups excluding carboxylic acids is 1. The van der Waals surface area contributed by atoms with Crippen LogP contribution >= 0.6 is 11.6 Å². The predicted molar refractivity (Wildman–Crippen MR) is 162 cm³/mol. The molecule has 0 bridgehead atoms. The van der Waals surface area contributed by atoms with Crippen molar-refractivity contribution in [1.82, 2.24) is 10.2 Å². The minimum Gasteiger partial charge on any atom is -0.456 e. The molecule has 0 aromatic heterocycles. The molecule has 40 heavy (non-hydrogen) atoms. The first-order chi connectivity index (χ1) is 19.5. The summed E-state index contributed by atoms with van der Waals surface area (Å²) >= 11 is 4.82. The fourth-order valence-electron chi connectivity index (χ4n) is 4.68. The molecule has 2 aromatic rings. The number of aldehydes is 1. The molecule has 1 fully saturated rings. The maximum absolute atomic E-state index is 9.04. The minimum absolute atomic E-state index is 0.111. The van der Waals surface area contributed by atoms with Crippen LogP contribution in [0.25, 0.3) is 33.4 Å². The Morgan fingerprint density at radius 3 is 2.55 bits per heavy atom. The third kappa shape index (κ3) is 8.13. The Hall–Kier alpha value is -3.27. The molecule has 0 saturated carbocycles. The summed E-state index contributed by atoms with van der Waals surface area (Å²) in [5.41, 5.74) is 6.60. The number of aliphatic hydroxyl groups excluding tert-OH is 1. The molecule has 2 aromatic carbocycles. The molecule has 1 aliphatic carbocycles. The Balaban J connectivity index is 0.000000677. The summed E-state index contributed by atoms with van der Waals surface area (Å²) in [4.78, 5) is 13.7. The van der Waals surface area contributed by atoms with Crippen LogP contribution in [0.5, 0.6) is 0 Å². The van der Waals surface area contributed by atoms with Gasteiger partial charge in [-0.1, -0.05) is 18.2 Å². The van der Waals surface area contributed by atoms with Crippen molar-refractivity contribution < 1.29 is 19.1 Å². The van der Waals surface area contributed by atoms with Crippen LogP contribution in [-0.2, 0) is 16.1 Å². The number of hydrogen-bond donors (Lipinski definition) is 3. The number of nitrogens with one attached hydrogen (secondary N) is 2. The highest BCUT2D eigenvalue weighted by atomic mass is 35.5. The summed E-state index contributed by atoms with van der Waals surface area (Å²) in [5, 5.41) is 19.9. The number of anilines is 1. The van der Waals surface area contributed by atoms with E-state index in [4.69, 9.17) is 36.1 Å². The first kappa shape index (κ1) is 31.3. The van der Waals surface area contributed by atoms with E-state index in [-0.39, 0.29) is 5.88 Å². The lowest BCUT2D eigenvalue weighted by Gasteiger charge is -2.26. The first-order valence-electron chi connectivity index (χ1n) is 13.3. The van der Waals surface area contributed by atoms with Crippen LogP contribution in [0, 0.1) is 5.41 Å². The van der Waals surface area contributed by atoms with E-state index in [0.29, 0.717) is 11.6 Å². The molecule has 0 spiro atoms. The highest BCUT2D eigenvalue weighted by Gasteiger charge is 2.19. The number of carbonyl (C=O) groups is 1. The average Bonchev–Trinajstić information content (AvgIpc) is 3.00. The van der Waals surface area contributed by atoms with Crippen LogP contribution in [0.2, 0.25) is 0 Å². The van der Waals surface area contributed by atoms with Gasteiger partial charge >= 0.3 is 0 Å². The fourth-order valence-corrected chi connectivity index (χ4v) is 4.68. The molecule has 3 aliphatic rings. The number of likely N-dealkylation sites (N-methyl/N-ethyl adjacent to an activating group) is 2. The van der Waals surface area contributed by atoms with E-state index in [2.05, 4.69) is 64.6 Å². The number of fused-ring (bicyclic) bond motifs is 2. The molecule has 0 unspecified atom stereocenters. The topological polar surface area (TPSA) is 102 Å². The second kappa shape index (κ2) is 16.1. The van der Waals surface area contributed by atoms with Gasteiger partial charge in [0.05, 0.1) is 24.5 Å². The van der Waals surface area contributed by atoms with Crippen molar-refractivity contribution in [1.29, 1.82) is 5.41 Å². The Labute approximate surface area is 241 Å². The van der Waals surface area contributed by atoms with Gasteiger partial charge in [0.2, 0.25) is 0 Å². The molecule has 2 heterocycles. The van der Waals surface area contributed by atoms with Crippen LogP contribution in [0.1, 0.15) is 5.56 Å². The molecule has 9 heteroatoms. The van der Waals surface area contributed by atoms with E-state index in [0.717, 1.165) is 86.6 Å². The molecular formula is C31H39ClN4O4. The minimum atomic E-state index is 0.111. The quantitative estimate of drug-likeness (QED) is 0.167. The standard InChI is InChI=1S/C28H32N4O2.C2H3ClO.CH4O/c1-30-10-11-31(2)23-7-9-25-27(18-23)34-26-17-22(29)6-8-24(26)28(25)21-5-3-4-20(16-21)19-32-12-14-33-15-13-32;3-1-2-4;1-2/h3-9,16-18,29-30H,10-15,19H2,1-2H3;2H,1H2;2H,1H3. The van der Waals surface area contributed by atoms with E-state index in [9.17, 15) is 0 Å². The number of morpholine rings is 1. The third-order valence-corrected chi connectivity index (χ3v) is 6.76. The van der Waals surface area contributed by atoms with Gasteiger partial charge in [0, 0.05) is 81.2 Å². The van der Waals surface area contributed by atoms with Crippen molar-refractivity contribution in [2.24, 2.45) is 0 Å². The summed E-state index contributed by atoms with van der Waals surface area (Å²) in [6.45, 7) is 6.27. The first-order valence-corrected chi connectivity index (χ1v) is 13.8. The highest BCUT2D eigenvalue weighted by Crippen LogP contribution is 2.41. The smallest absolute Gasteiger partial charge is 0.137 e. The van der Waals surface area contributed by atoms with Gasteiger partial charge in [-0.25, -0.2) is 0 Å². The van der Waals surface area contributed by atoms with Crippen LogP contribution in [0.3, 0.4) is 0 Å². The van der Waals surface area contributed by atoms with Crippen molar-refractivity contribution in [2.45, 2.75) is 6.54 Å². The highest BCUT2D eigenvalue weighted by molar-refractivity contribution is 6.24. The average molecular weight is 567 g/mol. The molecule has 3 N–H and O–H groups in total. The van der Waals surface area contributed by atoms with Crippen molar-refractivity contribution in [3.05, 3.63) is 71.6 Å². The van der Waals surface area contributed by atoms with Crippen molar-refractivity contribution in [3.8, 4) is 22.5 Å². The number of halogens is 1. The molecule has 8 nitrogen and oxygen atoms in total. The lowest BCUT2D eigenvalue weighted by Crippen LogP contribution is -2.35.